The third-order valence-electron chi connectivity index (χ3n) is 3.39. The lowest BCUT2D eigenvalue weighted by Crippen LogP contribution is -2.44. The monoisotopic (exact) mass is 237 g/mol. The molecule has 0 aromatic heterocycles. The van der Waals surface area contributed by atoms with E-state index in [4.69, 9.17) is 0 Å². The number of rotatable bonds is 5. The molecule has 1 N–H and O–H groups in total. The molecule has 0 heterocycles. The number of nitrogens with one attached hydrogen (secondary N) is 1. The zero-order valence-corrected chi connectivity index (χ0v) is 11.9. The molecule has 3 unspecified atom stereocenters. The van der Waals surface area contributed by atoms with E-state index >= 15 is 0 Å². The summed E-state index contributed by atoms with van der Waals surface area (Å²) in [5.74, 6) is 1.97. The third-order valence-corrected chi connectivity index (χ3v) is 3.39. The average Bonchev–Trinajstić information content (AvgIpc) is 2.86. The van der Waals surface area contributed by atoms with Gasteiger partial charge in [0.15, 0.2) is 0 Å². The fraction of sp³-hybridized carbons (Fsp3) is 0.800. The molecule has 0 saturated heterocycles. The van der Waals surface area contributed by atoms with Crippen LogP contribution >= 0.6 is 0 Å². The third kappa shape index (κ3) is 5.38. The van der Waals surface area contributed by atoms with Crippen LogP contribution < -0.4 is 5.32 Å². The van der Waals surface area contributed by atoms with E-state index in [0.717, 1.165) is 24.7 Å². The first-order valence-electron chi connectivity index (χ1n) is 6.76. The lowest BCUT2D eigenvalue weighted by Gasteiger charge is -2.24. The van der Waals surface area contributed by atoms with Gasteiger partial charge in [0.25, 0.3) is 0 Å². The van der Waals surface area contributed by atoms with Gasteiger partial charge in [-0.3, -0.25) is 4.79 Å². The van der Waals surface area contributed by atoms with E-state index in [0.29, 0.717) is 0 Å². The maximum atomic E-state index is 12.2. The Bertz CT molecular complexity index is 288. The van der Waals surface area contributed by atoms with Crippen molar-refractivity contribution in [2.75, 3.05) is 0 Å². The van der Waals surface area contributed by atoms with Crippen LogP contribution in [-0.2, 0) is 4.79 Å². The van der Waals surface area contributed by atoms with Gasteiger partial charge in [-0.05, 0) is 58.8 Å². The standard InChI is InChI=1S/C15H27NO/c1-6-7-8-12(10-13-9-11(13)2)14(17)16-15(3,4)5/h6-7,11-13H,8-10H2,1-5H3,(H,16,17)/b7-6+. The van der Waals surface area contributed by atoms with E-state index in [2.05, 4.69) is 18.3 Å². The molecule has 2 nitrogen and oxygen atoms in total. The van der Waals surface area contributed by atoms with Gasteiger partial charge in [-0.1, -0.05) is 19.1 Å². The zero-order chi connectivity index (χ0) is 13.1. The molecule has 0 aliphatic heterocycles. The van der Waals surface area contributed by atoms with Gasteiger partial charge in [0.2, 0.25) is 5.91 Å². The first-order chi connectivity index (χ1) is 7.83. The first-order valence-corrected chi connectivity index (χ1v) is 6.76. The summed E-state index contributed by atoms with van der Waals surface area (Å²) in [5.41, 5.74) is -0.125. The van der Waals surface area contributed by atoms with Crippen LogP contribution in [-0.4, -0.2) is 11.4 Å². The highest BCUT2D eigenvalue weighted by molar-refractivity contribution is 5.79. The molecule has 17 heavy (non-hydrogen) atoms. The van der Waals surface area contributed by atoms with Crippen molar-refractivity contribution in [3.63, 3.8) is 0 Å². The lowest BCUT2D eigenvalue weighted by molar-refractivity contribution is -0.126. The molecule has 3 atom stereocenters. The highest BCUT2D eigenvalue weighted by Crippen LogP contribution is 2.43. The minimum Gasteiger partial charge on any atom is -0.351 e. The minimum atomic E-state index is -0.125. The molecule has 0 radical (unpaired) electrons. The average molecular weight is 237 g/mol. The molecule has 1 amide bonds. The maximum absolute atomic E-state index is 12.2. The van der Waals surface area contributed by atoms with Crippen LogP contribution in [0.25, 0.3) is 0 Å². The highest BCUT2D eigenvalue weighted by Gasteiger charge is 2.36. The molecule has 1 aliphatic carbocycles. The largest absolute Gasteiger partial charge is 0.351 e. The molecule has 1 aliphatic rings. The van der Waals surface area contributed by atoms with Crippen molar-refractivity contribution < 1.29 is 4.79 Å². The summed E-state index contributed by atoms with van der Waals surface area (Å²) >= 11 is 0. The fourth-order valence-electron chi connectivity index (χ4n) is 2.18. The number of carbonyl (C=O) groups is 1. The second kappa shape index (κ2) is 5.70. The quantitative estimate of drug-likeness (QED) is 0.728. The van der Waals surface area contributed by atoms with Crippen LogP contribution in [0.2, 0.25) is 0 Å². The number of allylic oxidation sites excluding steroid dienone is 2. The van der Waals surface area contributed by atoms with E-state index in [9.17, 15) is 4.79 Å². The molecule has 0 aromatic carbocycles. The second-order valence-corrected chi connectivity index (χ2v) is 6.45. The Labute approximate surface area is 106 Å². The van der Waals surface area contributed by atoms with E-state index < -0.39 is 0 Å². The maximum Gasteiger partial charge on any atom is 0.223 e. The smallest absolute Gasteiger partial charge is 0.223 e. The highest BCUT2D eigenvalue weighted by atomic mass is 16.2. The summed E-state index contributed by atoms with van der Waals surface area (Å²) < 4.78 is 0. The van der Waals surface area contributed by atoms with Gasteiger partial charge in [0.05, 0.1) is 0 Å². The Morgan fingerprint density at radius 3 is 2.47 bits per heavy atom. The van der Waals surface area contributed by atoms with Crippen LogP contribution in [0, 0.1) is 17.8 Å². The van der Waals surface area contributed by atoms with E-state index in [-0.39, 0.29) is 17.4 Å². The molecule has 0 aromatic rings. The normalized spacial score (nSPS) is 25.9. The second-order valence-electron chi connectivity index (χ2n) is 6.45. The van der Waals surface area contributed by atoms with Crippen LogP contribution in [0.5, 0.6) is 0 Å². The van der Waals surface area contributed by atoms with Crippen molar-refractivity contribution >= 4 is 5.91 Å². The first kappa shape index (κ1) is 14.3. The predicted molar refractivity (Wildman–Crippen MR) is 72.7 cm³/mol. The van der Waals surface area contributed by atoms with Crippen LogP contribution in [0.1, 0.15) is 53.9 Å². The zero-order valence-electron chi connectivity index (χ0n) is 11.9. The Balaban J connectivity index is 2.52. The number of carbonyl (C=O) groups excluding carboxylic acids is 1. The van der Waals surface area contributed by atoms with E-state index in [1.165, 1.54) is 6.42 Å². The van der Waals surface area contributed by atoms with Crippen molar-refractivity contribution in [2.24, 2.45) is 17.8 Å². The van der Waals surface area contributed by atoms with Crippen molar-refractivity contribution in [1.82, 2.24) is 5.32 Å². The van der Waals surface area contributed by atoms with Crippen LogP contribution in [0.15, 0.2) is 12.2 Å². The Kier molecular flexibility index (Phi) is 4.79. The summed E-state index contributed by atoms with van der Waals surface area (Å²) in [4.78, 5) is 12.2. The summed E-state index contributed by atoms with van der Waals surface area (Å²) in [7, 11) is 0. The van der Waals surface area contributed by atoms with Gasteiger partial charge < -0.3 is 5.32 Å². The molecule has 2 heteroatoms. The Morgan fingerprint density at radius 2 is 2.06 bits per heavy atom. The van der Waals surface area contributed by atoms with Gasteiger partial charge in [0.1, 0.15) is 0 Å². The Morgan fingerprint density at radius 1 is 1.47 bits per heavy atom. The molecular weight excluding hydrogens is 210 g/mol. The summed E-state index contributed by atoms with van der Waals surface area (Å²) in [6.07, 6.45) is 7.37. The van der Waals surface area contributed by atoms with Gasteiger partial charge >= 0.3 is 0 Å². The molecule has 98 valence electrons. The van der Waals surface area contributed by atoms with Gasteiger partial charge in [-0.15, -0.1) is 0 Å². The molecular formula is C15H27NO. The van der Waals surface area contributed by atoms with Gasteiger partial charge in [-0.25, -0.2) is 0 Å². The summed E-state index contributed by atoms with van der Waals surface area (Å²) in [6.45, 7) is 10.4. The van der Waals surface area contributed by atoms with Crippen molar-refractivity contribution in [3.8, 4) is 0 Å². The number of hydrogen-bond acceptors (Lipinski definition) is 1. The number of amides is 1. The molecule has 0 bridgehead atoms. The van der Waals surface area contributed by atoms with Crippen LogP contribution in [0.4, 0.5) is 0 Å². The van der Waals surface area contributed by atoms with Gasteiger partial charge in [-0.2, -0.15) is 0 Å². The Hall–Kier alpha value is -0.790. The van der Waals surface area contributed by atoms with Crippen molar-refractivity contribution in [2.45, 2.75) is 59.4 Å². The van der Waals surface area contributed by atoms with Crippen molar-refractivity contribution in [3.05, 3.63) is 12.2 Å². The van der Waals surface area contributed by atoms with Crippen LogP contribution in [0.3, 0.4) is 0 Å². The molecule has 1 saturated carbocycles. The topological polar surface area (TPSA) is 29.1 Å². The molecule has 1 fully saturated rings. The number of hydrogen-bond donors (Lipinski definition) is 1. The summed E-state index contributed by atoms with van der Waals surface area (Å²) in [6, 6.07) is 0. The predicted octanol–water partition coefficient (Wildman–Crippen LogP) is 3.53. The summed E-state index contributed by atoms with van der Waals surface area (Å²) in [5, 5.41) is 3.10. The lowest BCUT2D eigenvalue weighted by atomic mass is 9.95. The van der Waals surface area contributed by atoms with E-state index in [1.807, 2.05) is 33.8 Å². The molecule has 0 spiro atoms. The SMILES string of the molecule is C/C=C/CC(CC1CC1C)C(=O)NC(C)(C)C. The van der Waals surface area contributed by atoms with E-state index in [1.54, 1.807) is 0 Å². The van der Waals surface area contributed by atoms with Gasteiger partial charge in [0, 0.05) is 11.5 Å². The fourth-order valence-corrected chi connectivity index (χ4v) is 2.18. The van der Waals surface area contributed by atoms with Crippen molar-refractivity contribution in [1.29, 1.82) is 0 Å². The minimum absolute atomic E-state index is 0.125. The molecule has 1 rings (SSSR count).